The summed E-state index contributed by atoms with van der Waals surface area (Å²) in [7, 11) is 0.868. The van der Waals surface area contributed by atoms with Gasteiger partial charge >= 0.3 is 0 Å². The summed E-state index contributed by atoms with van der Waals surface area (Å²) in [5, 5.41) is 9.02. The molecule has 0 saturated carbocycles. The molecule has 9 heteroatoms. The highest BCUT2D eigenvalue weighted by atomic mass is 32.2. The zero-order valence-electron chi connectivity index (χ0n) is 19.5. The molecule has 4 rings (SSSR count). The Labute approximate surface area is 203 Å². The molecule has 8 nitrogen and oxygen atoms in total. The van der Waals surface area contributed by atoms with E-state index in [0.717, 1.165) is 0 Å². The number of hydrogen-bond acceptors (Lipinski definition) is 8. The summed E-state index contributed by atoms with van der Waals surface area (Å²) in [4.78, 5) is 9.52. The van der Waals surface area contributed by atoms with Crippen LogP contribution in [0.4, 0.5) is 0 Å². The Kier molecular flexibility index (Phi) is 6.85. The molecule has 0 fully saturated rings. The number of para-hydroxylation sites is 2. The first kappa shape index (κ1) is 24.0. The van der Waals surface area contributed by atoms with Crippen LogP contribution in [0.3, 0.4) is 0 Å². The molecule has 1 heterocycles. The second-order valence-electron chi connectivity index (χ2n) is 7.70. The van der Waals surface area contributed by atoms with E-state index in [1.54, 1.807) is 25.3 Å². The summed E-state index contributed by atoms with van der Waals surface area (Å²) in [5.74, 6) is 1.21. The van der Waals surface area contributed by atoms with Crippen molar-refractivity contribution >= 4 is 20.9 Å². The van der Waals surface area contributed by atoms with Crippen molar-refractivity contribution in [2.45, 2.75) is 17.1 Å². The van der Waals surface area contributed by atoms with Crippen LogP contribution in [0.5, 0.6) is 17.2 Å². The third-order valence-electron chi connectivity index (χ3n) is 5.52. The number of sulfone groups is 1. The van der Waals surface area contributed by atoms with Gasteiger partial charge in [0.2, 0.25) is 0 Å². The van der Waals surface area contributed by atoms with Gasteiger partial charge in [0.25, 0.3) is 0 Å². The summed E-state index contributed by atoms with van der Waals surface area (Å²) in [6.45, 7) is 0. The van der Waals surface area contributed by atoms with Gasteiger partial charge < -0.3 is 14.2 Å². The highest BCUT2D eigenvalue weighted by Gasteiger charge is 2.22. The van der Waals surface area contributed by atoms with E-state index in [1.165, 1.54) is 38.5 Å². The standard InChI is InChI=1S/C26H23N3O5S/c1-32-19-12-18(26(34-3)25(14-19)33-2)13-23-24(29-22-7-5-4-6-21(22)28-23)16-35(30,31)20-10-8-17(15-27)9-11-20/h4-12,14H,13,16H2,1-3H3. The van der Waals surface area contributed by atoms with Gasteiger partial charge in [0.1, 0.15) is 5.75 Å². The van der Waals surface area contributed by atoms with Crippen LogP contribution in [0.1, 0.15) is 22.5 Å². The van der Waals surface area contributed by atoms with Gasteiger partial charge in [-0.25, -0.2) is 18.4 Å². The second-order valence-corrected chi connectivity index (χ2v) is 9.69. The number of fused-ring (bicyclic) bond motifs is 1. The van der Waals surface area contributed by atoms with E-state index in [1.807, 2.05) is 24.3 Å². The lowest BCUT2D eigenvalue weighted by Crippen LogP contribution is -2.11. The minimum atomic E-state index is -3.76. The summed E-state index contributed by atoms with van der Waals surface area (Å²) in [6.07, 6.45) is 0.243. The Morgan fingerprint density at radius 2 is 1.51 bits per heavy atom. The molecule has 0 aliphatic rings. The fraction of sp³-hybridized carbons (Fsp3) is 0.192. The van der Waals surface area contributed by atoms with Gasteiger partial charge in [0.15, 0.2) is 21.3 Å². The normalized spacial score (nSPS) is 11.1. The fourth-order valence-corrected chi connectivity index (χ4v) is 5.08. The van der Waals surface area contributed by atoms with E-state index >= 15 is 0 Å². The topological polar surface area (TPSA) is 111 Å². The average Bonchev–Trinajstić information content (AvgIpc) is 2.88. The molecule has 0 N–H and O–H groups in total. The molecule has 1 aromatic heterocycles. The smallest absolute Gasteiger partial charge is 0.184 e. The van der Waals surface area contributed by atoms with E-state index in [0.29, 0.717) is 50.8 Å². The molecule has 0 unspecified atom stereocenters. The highest BCUT2D eigenvalue weighted by Crippen LogP contribution is 2.37. The van der Waals surface area contributed by atoms with Gasteiger partial charge in [-0.05, 0) is 42.5 Å². The van der Waals surface area contributed by atoms with Gasteiger partial charge in [-0.3, -0.25) is 0 Å². The summed E-state index contributed by atoms with van der Waals surface area (Å²) < 4.78 is 42.9. The van der Waals surface area contributed by atoms with Gasteiger partial charge in [-0.15, -0.1) is 0 Å². The first-order chi connectivity index (χ1) is 16.9. The fourth-order valence-electron chi connectivity index (χ4n) is 3.78. The Hall–Kier alpha value is -4.16. The SMILES string of the molecule is COc1cc(Cc2nc3ccccc3nc2CS(=O)(=O)c2ccc(C#N)cc2)c(OC)c(OC)c1. The summed E-state index contributed by atoms with van der Waals surface area (Å²) in [5.41, 5.74) is 3.17. The molecule has 0 aliphatic heterocycles. The van der Waals surface area contributed by atoms with Gasteiger partial charge in [0, 0.05) is 18.1 Å². The van der Waals surface area contributed by atoms with Crippen molar-refractivity contribution in [3.8, 4) is 23.3 Å². The monoisotopic (exact) mass is 489 g/mol. The lowest BCUT2D eigenvalue weighted by molar-refractivity contribution is 0.346. The number of nitrogens with zero attached hydrogens (tertiary/aromatic N) is 3. The lowest BCUT2D eigenvalue weighted by Gasteiger charge is -2.16. The number of rotatable bonds is 8. The van der Waals surface area contributed by atoms with Crippen molar-refractivity contribution in [2.75, 3.05) is 21.3 Å². The summed E-state index contributed by atoms with van der Waals surface area (Å²) in [6, 6.07) is 18.6. The van der Waals surface area contributed by atoms with Crippen molar-refractivity contribution in [3.63, 3.8) is 0 Å². The molecule has 4 aromatic rings. The van der Waals surface area contributed by atoms with Crippen LogP contribution in [0.25, 0.3) is 11.0 Å². The Bertz CT molecular complexity index is 1530. The van der Waals surface area contributed by atoms with Crippen LogP contribution < -0.4 is 14.2 Å². The number of hydrogen-bond donors (Lipinski definition) is 0. The number of aromatic nitrogens is 2. The van der Waals surface area contributed by atoms with E-state index in [2.05, 4.69) is 4.98 Å². The predicted octanol–water partition coefficient (Wildman–Crippen LogP) is 4.09. The molecule has 0 atom stereocenters. The highest BCUT2D eigenvalue weighted by molar-refractivity contribution is 7.90. The molecule has 0 bridgehead atoms. The lowest BCUT2D eigenvalue weighted by atomic mass is 10.1. The molecule has 0 saturated heterocycles. The van der Waals surface area contributed by atoms with Crippen molar-refractivity contribution < 1.29 is 22.6 Å². The second kappa shape index (κ2) is 9.99. The number of ether oxygens (including phenoxy) is 3. The molecule has 0 radical (unpaired) electrons. The van der Waals surface area contributed by atoms with Crippen LogP contribution >= 0.6 is 0 Å². The zero-order chi connectivity index (χ0) is 25.0. The largest absolute Gasteiger partial charge is 0.497 e. The first-order valence-electron chi connectivity index (χ1n) is 10.6. The van der Waals surface area contributed by atoms with E-state index < -0.39 is 9.84 Å². The minimum Gasteiger partial charge on any atom is -0.497 e. The number of methoxy groups -OCH3 is 3. The maximum Gasteiger partial charge on any atom is 0.184 e. The van der Waals surface area contributed by atoms with Crippen LogP contribution in [-0.4, -0.2) is 39.7 Å². The quantitative estimate of drug-likeness (QED) is 0.364. The van der Waals surface area contributed by atoms with Crippen LogP contribution in [-0.2, 0) is 22.0 Å². The predicted molar refractivity (Wildman–Crippen MR) is 130 cm³/mol. The maximum absolute atomic E-state index is 13.3. The number of nitriles is 1. The van der Waals surface area contributed by atoms with Crippen LogP contribution in [0.2, 0.25) is 0 Å². The van der Waals surface area contributed by atoms with Gasteiger partial charge in [0.05, 0.1) is 66.0 Å². The van der Waals surface area contributed by atoms with E-state index in [-0.39, 0.29) is 17.1 Å². The Morgan fingerprint density at radius 3 is 2.09 bits per heavy atom. The molecular formula is C26H23N3O5S. The maximum atomic E-state index is 13.3. The summed E-state index contributed by atoms with van der Waals surface area (Å²) >= 11 is 0. The first-order valence-corrected chi connectivity index (χ1v) is 12.3. The van der Waals surface area contributed by atoms with Crippen LogP contribution in [0, 0.1) is 11.3 Å². The van der Waals surface area contributed by atoms with E-state index in [9.17, 15) is 8.42 Å². The molecule has 0 amide bonds. The van der Waals surface area contributed by atoms with Gasteiger partial charge in [-0.2, -0.15) is 5.26 Å². The third kappa shape index (κ3) is 5.03. The molecule has 0 aliphatic carbocycles. The molecular weight excluding hydrogens is 466 g/mol. The van der Waals surface area contributed by atoms with Crippen molar-refractivity contribution in [1.82, 2.24) is 9.97 Å². The van der Waals surface area contributed by atoms with Crippen molar-refractivity contribution in [3.05, 3.63) is 83.2 Å². The average molecular weight is 490 g/mol. The molecule has 3 aromatic carbocycles. The van der Waals surface area contributed by atoms with Crippen LogP contribution in [0.15, 0.2) is 65.6 Å². The molecule has 178 valence electrons. The van der Waals surface area contributed by atoms with Crippen molar-refractivity contribution in [1.29, 1.82) is 5.26 Å². The Morgan fingerprint density at radius 1 is 0.857 bits per heavy atom. The zero-order valence-corrected chi connectivity index (χ0v) is 20.3. The number of benzene rings is 3. The van der Waals surface area contributed by atoms with Gasteiger partial charge in [-0.1, -0.05) is 12.1 Å². The molecule has 0 spiro atoms. The third-order valence-corrected chi connectivity index (χ3v) is 7.16. The van der Waals surface area contributed by atoms with E-state index in [4.69, 9.17) is 24.5 Å². The minimum absolute atomic E-state index is 0.109. The molecule has 35 heavy (non-hydrogen) atoms. The Balaban J connectivity index is 1.82. The van der Waals surface area contributed by atoms with Crippen molar-refractivity contribution in [2.24, 2.45) is 0 Å².